The molecule has 7 nitrogen and oxygen atoms in total. The largest absolute Gasteiger partial charge is 0.573 e. The van der Waals surface area contributed by atoms with Crippen LogP contribution in [0.3, 0.4) is 0 Å². The number of rotatable bonds is 8. The summed E-state index contributed by atoms with van der Waals surface area (Å²) in [5.74, 6) is -1.42. The van der Waals surface area contributed by atoms with Crippen molar-refractivity contribution in [1.29, 1.82) is 0 Å². The molecule has 1 unspecified atom stereocenters. The first kappa shape index (κ1) is 25.0. The van der Waals surface area contributed by atoms with Crippen molar-refractivity contribution in [3.8, 4) is 5.75 Å². The van der Waals surface area contributed by atoms with Crippen molar-refractivity contribution in [3.05, 3.63) is 54.4 Å². The molecule has 180 valence electrons. The van der Waals surface area contributed by atoms with Gasteiger partial charge in [-0.3, -0.25) is 9.78 Å². The summed E-state index contributed by atoms with van der Waals surface area (Å²) in [6, 6.07) is 9.21. The Balaban J connectivity index is 1.90. The lowest BCUT2D eigenvalue weighted by molar-refractivity contribution is -0.274. The molecule has 1 amide bonds. The molecule has 1 saturated carbocycles. The van der Waals surface area contributed by atoms with Crippen LogP contribution in [0.1, 0.15) is 51.1 Å². The minimum atomic E-state index is -4.90. The molecule has 0 aliphatic heterocycles. The molecule has 1 fully saturated rings. The SMILES string of the molecule is CC(CC1(c2ccccn2)CCCCC1)(NS(=O)(=O)c1ccc(OC(F)(F)F)cc1)C(N)=O. The van der Waals surface area contributed by atoms with Crippen LogP contribution in [0.25, 0.3) is 0 Å². The fourth-order valence-electron chi connectivity index (χ4n) is 4.45. The van der Waals surface area contributed by atoms with Gasteiger partial charge in [0.25, 0.3) is 0 Å². The summed E-state index contributed by atoms with van der Waals surface area (Å²) < 4.78 is 69.4. The zero-order valence-electron chi connectivity index (χ0n) is 18.1. The third kappa shape index (κ3) is 6.02. The Kier molecular flexibility index (Phi) is 7.04. The monoisotopic (exact) mass is 485 g/mol. The van der Waals surface area contributed by atoms with Gasteiger partial charge in [-0.15, -0.1) is 13.2 Å². The van der Waals surface area contributed by atoms with Crippen LogP contribution in [0, 0.1) is 0 Å². The maximum atomic E-state index is 13.0. The minimum Gasteiger partial charge on any atom is -0.406 e. The number of halogens is 3. The summed E-state index contributed by atoms with van der Waals surface area (Å²) in [7, 11) is -4.29. The molecule has 33 heavy (non-hydrogen) atoms. The number of hydrogen-bond donors (Lipinski definition) is 2. The van der Waals surface area contributed by atoms with Crippen LogP contribution >= 0.6 is 0 Å². The Morgan fingerprint density at radius 3 is 2.27 bits per heavy atom. The van der Waals surface area contributed by atoms with E-state index in [1.807, 2.05) is 12.1 Å². The van der Waals surface area contributed by atoms with Gasteiger partial charge in [0.1, 0.15) is 11.3 Å². The fourth-order valence-corrected chi connectivity index (χ4v) is 5.83. The second kappa shape index (κ2) is 9.30. The van der Waals surface area contributed by atoms with E-state index in [-0.39, 0.29) is 11.3 Å². The standard InChI is InChI=1S/C22H26F3N3O4S/c1-20(19(26)29,15-21(12-4-2-5-13-21)18-7-3-6-14-27-18)28-33(30,31)17-10-8-16(9-11-17)32-22(23,24)25/h3,6-11,14,28H,2,4-5,12-13,15H2,1H3,(H2,26,29). The number of sulfonamides is 1. The van der Waals surface area contributed by atoms with E-state index >= 15 is 0 Å². The van der Waals surface area contributed by atoms with Gasteiger partial charge in [0.2, 0.25) is 15.9 Å². The molecule has 1 aromatic carbocycles. The molecule has 1 heterocycles. The van der Waals surface area contributed by atoms with Crippen molar-refractivity contribution in [1.82, 2.24) is 9.71 Å². The highest BCUT2D eigenvalue weighted by atomic mass is 32.2. The Morgan fingerprint density at radius 2 is 1.76 bits per heavy atom. The molecule has 0 bridgehead atoms. The van der Waals surface area contributed by atoms with Gasteiger partial charge in [-0.2, -0.15) is 4.72 Å². The van der Waals surface area contributed by atoms with Crippen LogP contribution in [-0.2, 0) is 20.2 Å². The zero-order valence-corrected chi connectivity index (χ0v) is 18.9. The van der Waals surface area contributed by atoms with E-state index in [9.17, 15) is 26.4 Å². The van der Waals surface area contributed by atoms with Crippen molar-refractivity contribution in [2.75, 3.05) is 0 Å². The molecule has 1 aromatic heterocycles. The number of nitrogens with zero attached hydrogens (tertiary/aromatic N) is 1. The van der Waals surface area contributed by atoms with Crippen LogP contribution in [0.5, 0.6) is 5.75 Å². The predicted molar refractivity (Wildman–Crippen MR) is 115 cm³/mol. The van der Waals surface area contributed by atoms with E-state index in [2.05, 4.69) is 14.4 Å². The van der Waals surface area contributed by atoms with Gasteiger partial charge in [-0.1, -0.05) is 25.3 Å². The Labute approximate surface area is 190 Å². The summed E-state index contributed by atoms with van der Waals surface area (Å²) >= 11 is 0. The number of nitrogens with two attached hydrogens (primary N) is 1. The van der Waals surface area contributed by atoms with Gasteiger partial charge in [0.15, 0.2) is 0 Å². The summed E-state index contributed by atoms with van der Waals surface area (Å²) in [6.45, 7) is 1.42. The van der Waals surface area contributed by atoms with E-state index in [0.29, 0.717) is 0 Å². The van der Waals surface area contributed by atoms with Gasteiger partial charge < -0.3 is 10.5 Å². The Hall–Kier alpha value is -2.66. The average molecular weight is 486 g/mol. The van der Waals surface area contributed by atoms with Crippen LogP contribution < -0.4 is 15.2 Å². The number of aromatic nitrogens is 1. The number of pyridine rings is 1. The smallest absolute Gasteiger partial charge is 0.406 e. The van der Waals surface area contributed by atoms with Gasteiger partial charge >= 0.3 is 6.36 Å². The molecule has 0 saturated heterocycles. The third-order valence-electron chi connectivity index (χ3n) is 5.98. The molecule has 3 rings (SSSR count). The Bertz CT molecular complexity index is 1070. The first-order valence-electron chi connectivity index (χ1n) is 10.5. The van der Waals surface area contributed by atoms with Crippen LogP contribution in [-0.4, -0.2) is 31.2 Å². The van der Waals surface area contributed by atoms with Gasteiger partial charge in [-0.25, -0.2) is 8.42 Å². The van der Waals surface area contributed by atoms with Crippen LogP contribution in [0.2, 0.25) is 0 Å². The first-order chi connectivity index (χ1) is 15.4. The normalized spacial score (nSPS) is 18.3. The molecule has 1 atom stereocenters. The van der Waals surface area contributed by atoms with Gasteiger partial charge in [-0.05, 0) is 62.6 Å². The second-order valence-electron chi connectivity index (χ2n) is 8.55. The summed E-state index contributed by atoms with van der Waals surface area (Å²) in [5.41, 5.74) is 4.24. The molecule has 2 aromatic rings. The number of carbonyl (C=O) groups is 1. The summed E-state index contributed by atoms with van der Waals surface area (Å²) in [4.78, 5) is 16.7. The molecular weight excluding hydrogens is 459 g/mol. The summed E-state index contributed by atoms with van der Waals surface area (Å²) in [5, 5.41) is 0. The lowest BCUT2D eigenvalue weighted by atomic mass is 9.65. The molecule has 11 heteroatoms. The highest BCUT2D eigenvalue weighted by Crippen LogP contribution is 2.44. The number of ether oxygens (including phenoxy) is 1. The van der Waals surface area contributed by atoms with E-state index in [1.165, 1.54) is 6.92 Å². The van der Waals surface area contributed by atoms with Crippen LogP contribution in [0.4, 0.5) is 13.2 Å². The zero-order chi connectivity index (χ0) is 24.3. The first-order valence-corrected chi connectivity index (χ1v) is 11.9. The van der Waals surface area contributed by atoms with Crippen molar-refractivity contribution < 1.29 is 31.1 Å². The second-order valence-corrected chi connectivity index (χ2v) is 10.2. The number of carbonyl (C=O) groups excluding carboxylic acids is 1. The van der Waals surface area contributed by atoms with Crippen molar-refractivity contribution >= 4 is 15.9 Å². The topological polar surface area (TPSA) is 111 Å². The van der Waals surface area contributed by atoms with Crippen molar-refractivity contribution in [3.63, 3.8) is 0 Å². The van der Waals surface area contributed by atoms with Crippen LogP contribution in [0.15, 0.2) is 53.6 Å². The van der Waals surface area contributed by atoms with E-state index in [1.54, 1.807) is 12.3 Å². The quantitative estimate of drug-likeness (QED) is 0.591. The number of hydrogen-bond acceptors (Lipinski definition) is 5. The van der Waals surface area contributed by atoms with E-state index in [4.69, 9.17) is 5.73 Å². The van der Waals surface area contributed by atoms with E-state index in [0.717, 1.165) is 62.1 Å². The fraction of sp³-hybridized carbons (Fsp3) is 0.455. The Morgan fingerprint density at radius 1 is 1.12 bits per heavy atom. The highest BCUT2D eigenvalue weighted by Gasteiger charge is 2.46. The minimum absolute atomic E-state index is 0.0981. The van der Waals surface area contributed by atoms with E-state index < -0.39 is 39.0 Å². The number of primary amides is 1. The summed E-state index contributed by atoms with van der Waals surface area (Å²) in [6.07, 6.45) is 1.12. The van der Waals surface area contributed by atoms with Crippen molar-refractivity contribution in [2.45, 2.75) is 67.7 Å². The number of alkyl halides is 3. The molecule has 0 radical (unpaired) electrons. The lowest BCUT2D eigenvalue weighted by Gasteiger charge is -2.42. The maximum absolute atomic E-state index is 13.0. The number of benzene rings is 1. The van der Waals surface area contributed by atoms with Gasteiger partial charge in [0.05, 0.1) is 4.90 Å². The molecule has 1 aliphatic carbocycles. The van der Waals surface area contributed by atoms with Crippen molar-refractivity contribution in [2.24, 2.45) is 5.73 Å². The predicted octanol–water partition coefficient (Wildman–Crippen LogP) is 3.79. The molecular formula is C22H26F3N3O4S. The third-order valence-corrected chi connectivity index (χ3v) is 7.59. The number of amides is 1. The average Bonchev–Trinajstić information content (AvgIpc) is 2.74. The van der Waals surface area contributed by atoms with Gasteiger partial charge in [0, 0.05) is 17.3 Å². The highest BCUT2D eigenvalue weighted by molar-refractivity contribution is 7.89. The molecule has 0 spiro atoms. The maximum Gasteiger partial charge on any atom is 0.573 e. The lowest BCUT2D eigenvalue weighted by Crippen LogP contribution is -2.58. The molecule has 3 N–H and O–H groups in total. The number of nitrogens with one attached hydrogen (secondary N) is 1. The molecule has 1 aliphatic rings.